The summed E-state index contributed by atoms with van der Waals surface area (Å²) in [5.41, 5.74) is 11.0. The second-order valence-corrected chi connectivity index (χ2v) is 12.1. The molecule has 1 aliphatic rings. The van der Waals surface area contributed by atoms with E-state index in [4.69, 9.17) is 14.7 Å². The summed E-state index contributed by atoms with van der Waals surface area (Å²) in [6.45, 7) is 0. The molecule has 2 aromatic heterocycles. The summed E-state index contributed by atoms with van der Waals surface area (Å²) < 4.78 is 7.04. The van der Waals surface area contributed by atoms with E-state index in [-0.39, 0.29) is 0 Å². The normalized spacial score (nSPS) is 11.8. The molecule has 0 radical (unpaired) electrons. The summed E-state index contributed by atoms with van der Waals surface area (Å²) in [5, 5.41) is 2.17. The Labute approximate surface area is 284 Å². The lowest BCUT2D eigenvalue weighted by Gasteiger charge is -2.18. The smallest absolute Gasteiger partial charge is 0.161 e. The van der Waals surface area contributed by atoms with Crippen LogP contribution in [0.2, 0.25) is 0 Å². The Morgan fingerprint density at radius 2 is 1.16 bits per heavy atom. The number of rotatable bonds is 3. The Bertz CT molecular complexity index is 2470. The number of fused-ring (bicyclic) bond motifs is 8. The van der Waals surface area contributed by atoms with Crippen molar-refractivity contribution in [2.45, 2.75) is 0 Å². The standard InChI is InChI=1S/C45H29N3O/c1-2-13-33(14-3-1)41-28-42(48-45(47-41)35-15-10-26-46-29-35)34-23-22-32-21-20-30-11-4-6-16-36(30)38-18-8-9-19-43(38)49-44-37-17-7-5-12-31(37)24-25-39(44)40(32)27-34/h1-29H. The lowest BCUT2D eigenvalue weighted by Crippen LogP contribution is -1.97. The monoisotopic (exact) mass is 627 g/mol. The highest BCUT2D eigenvalue weighted by Gasteiger charge is 2.20. The SMILES string of the molecule is C1=Cc2ccc(-c3cc(-c4ccccc4)nc(-c4cccnc4)n3)cc2-c2ccc3ccccc3c2Oc2ccccc2-c2ccccc21. The molecular formula is C45H29N3O. The molecule has 8 aromatic rings. The maximum atomic E-state index is 7.04. The molecule has 0 saturated carbocycles. The van der Waals surface area contributed by atoms with Crippen molar-refractivity contribution in [3.05, 3.63) is 175 Å². The number of pyridine rings is 1. The highest BCUT2D eigenvalue weighted by molar-refractivity contribution is 5.99. The van der Waals surface area contributed by atoms with Crippen molar-refractivity contribution in [1.29, 1.82) is 0 Å². The van der Waals surface area contributed by atoms with E-state index in [1.165, 1.54) is 0 Å². The molecule has 9 rings (SSSR count). The summed E-state index contributed by atoms with van der Waals surface area (Å²) in [5.74, 6) is 2.26. The number of benzene rings is 6. The van der Waals surface area contributed by atoms with Gasteiger partial charge in [-0.25, -0.2) is 9.97 Å². The number of hydrogen-bond acceptors (Lipinski definition) is 4. The second kappa shape index (κ2) is 12.2. The van der Waals surface area contributed by atoms with Gasteiger partial charge in [-0.1, -0.05) is 127 Å². The minimum Gasteiger partial charge on any atom is -0.455 e. The van der Waals surface area contributed by atoms with Crippen molar-refractivity contribution >= 4 is 22.9 Å². The van der Waals surface area contributed by atoms with Crippen molar-refractivity contribution in [2.75, 3.05) is 0 Å². The summed E-state index contributed by atoms with van der Waals surface area (Å²) in [6, 6.07) is 52.3. The topological polar surface area (TPSA) is 47.9 Å². The molecule has 0 saturated heterocycles. The third-order valence-electron chi connectivity index (χ3n) is 9.03. The molecule has 4 heteroatoms. The zero-order valence-corrected chi connectivity index (χ0v) is 26.5. The first-order valence-electron chi connectivity index (χ1n) is 16.3. The van der Waals surface area contributed by atoms with Gasteiger partial charge in [-0.2, -0.15) is 0 Å². The van der Waals surface area contributed by atoms with Crippen LogP contribution >= 0.6 is 0 Å². The van der Waals surface area contributed by atoms with Gasteiger partial charge in [0.1, 0.15) is 11.5 Å². The molecule has 1 aliphatic heterocycles. The van der Waals surface area contributed by atoms with Gasteiger partial charge < -0.3 is 4.74 Å². The third-order valence-corrected chi connectivity index (χ3v) is 9.03. The van der Waals surface area contributed by atoms with Crippen LogP contribution < -0.4 is 4.74 Å². The predicted octanol–water partition coefficient (Wildman–Crippen LogP) is 11.6. The first-order chi connectivity index (χ1) is 24.3. The summed E-state index contributed by atoms with van der Waals surface area (Å²) in [6.07, 6.45) is 7.99. The molecule has 0 N–H and O–H groups in total. The average Bonchev–Trinajstić information content (AvgIpc) is 3.20. The Kier molecular flexibility index (Phi) is 7.10. The van der Waals surface area contributed by atoms with Crippen LogP contribution in [0.5, 0.6) is 11.5 Å². The van der Waals surface area contributed by atoms with Gasteiger partial charge in [0.15, 0.2) is 5.82 Å². The Hall–Kier alpha value is -6.65. The lowest BCUT2D eigenvalue weighted by atomic mass is 9.92. The van der Waals surface area contributed by atoms with E-state index >= 15 is 0 Å². The maximum absolute atomic E-state index is 7.04. The number of hydrogen-bond donors (Lipinski definition) is 0. The Morgan fingerprint density at radius 1 is 0.449 bits per heavy atom. The fourth-order valence-corrected chi connectivity index (χ4v) is 6.59. The van der Waals surface area contributed by atoms with Gasteiger partial charge in [0.25, 0.3) is 0 Å². The van der Waals surface area contributed by atoms with Crippen molar-refractivity contribution in [3.8, 4) is 67.7 Å². The molecule has 230 valence electrons. The quantitative estimate of drug-likeness (QED) is 0.196. The van der Waals surface area contributed by atoms with Crippen molar-refractivity contribution < 1.29 is 4.74 Å². The Morgan fingerprint density at radius 3 is 2.02 bits per heavy atom. The molecule has 0 amide bonds. The van der Waals surface area contributed by atoms with Gasteiger partial charge in [0.2, 0.25) is 0 Å². The zero-order valence-electron chi connectivity index (χ0n) is 26.5. The van der Waals surface area contributed by atoms with Gasteiger partial charge in [-0.3, -0.25) is 4.98 Å². The van der Waals surface area contributed by atoms with Crippen LogP contribution in [0.15, 0.2) is 164 Å². The van der Waals surface area contributed by atoms with E-state index in [2.05, 4.69) is 132 Å². The van der Waals surface area contributed by atoms with Crippen LogP contribution in [0.3, 0.4) is 0 Å². The lowest BCUT2D eigenvalue weighted by molar-refractivity contribution is 0.492. The van der Waals surface area contributed by atoms with E-state index in [0.29, 0.717) is 5.82 Å². The molecular weight excluding hydrogens is 599 g/mol. The van der Waals surface area contributed by atoms with E-state index < -0.39 is 0 Å². The average molecular weight is 628 g/mol. The largest absolute Gasteiger partial charge is 0.455 e. The van der Waals surface area contributed by atoms with Crippen LogP contribution in [-0.2, 0) is 0 Å². The van der Waals surface area contributed by atoms with E-state index in [0.717, 1.165) is 83.7 Å². The van der Waals surface area contributed by atoms with Gasteiger partial charge in [0, 0.05) is 45.6 Å². The predicted molar refractivity (Wildman–Crippen MR) is 200 cm³/mol. The minimum atomic E-state index is 0.629. The van der Waals surface area contributed by atoms with E-state index in [1.54, 1.807) is 6.20 Å². The minimum absolute atomic E-state index is 0.629. The molecule has 49 heavy (non-hydrogen) atoms. The summed E-state index contributed by atoms with van der Waals surface area (Å²) in [7, 11) is 0. The van der Waals surface area contributed by atoms with E-state index in [1.807, 2.05) is 42.6 Å². The van der Waals surface area contributed by atoms with Crippen LogP contribution in [0.25, 0.3) is 79.1 Å². The van der Waals surface area contributed by atoms with Gasteiger partial charge in [-0.05, 0) is 64.0 Å². The molecule has 0 fully saturated rings. The Balaban J connectivity index is 1.30. The molecule has 4 nitrogen and oxygen atoms in total. The van der Waals surface area contributed by atoms with Gasteiger partial charge in [-0.15, -0.1) is 0 Å². The van der Waals surface area contributed by atoms with Crippen molar-refractivity contribution in [2.24, 2.45) is 0 Å². The first-order valence-corrected chi connectivity index (χ1v) is 16.3. The van der Waals surface area contributed by atoms with Crippen LogP contribution in [0, 0.1) is 0 Å². The number of aromatic nitrogens is 3. The number of para-hydroxylation sites is 1. The van der Waals surface area contributed by atoms with E-state index in [9.17, 15) is 0 Å². The summed E-state index contributed by atoms with van der Waals surface area (Å²) >= 11 is 0. The van der Waals surface area contributed by atoms with Crippen LogP contribution in [0.4, 0.5) is 0 Å². The van der Waals surface area contributed by atoms with Gasteiger partial charge >= 0.3 is 0 Å². The third kappa shape index (κ3) is 5.35. The van der Waals surface area contributed by atoms with Gasteiger partial charge in [0.05, 0.1) is 11.4 Å². The highest BCUT2D eigenvalue weighted by atomic mass is 16.5. The van der Waals surface area contributed by atoms with Crippen molar-refractivity contribution in [1.82, 2.24) is 15.0 Å². The molecule has 0 spiro atoms. The molecule has 6 aromatic carbocycles. The molecule has 3 heterocycles. The van der Waals surface area contributed by atoms with Crippen molar-refractivity contribution in [3.63, 3.8) is 0 Å². The molecule has 0 unspecified atom stereocenters. The molecule has 0 aliphatic carbocycles. The fourth-order valence-electron chi connectivity index (χ4n) is 6.59. The fraction of sp³-hybridized carbons (Fsp3) is 0. The maximum Gasteiger partial charge on any atom is 0.161 e. The summed E-state index contributed by atoms with van der Waals surface area (Å²) in [4.78, 5) is 14.4. The first kappa shape index (κ1) is 28.6. The molecule has 0 bridgehead atoms. The molecule has 0 atom stereocenters. The van der Waals surface area contributed by atoms with Crippen LogP contribution in [-0.4, -0.2) is 15.0 Å². The second-order valence-electron chi connectivity index (χ2n) is 12.1. The highest BCUT2D eigenvalue weighted by Crippen LogP contribution is 2.45. The number of nitrogens with zero attached hydrogens (tertiary/aromatic N) is 3. The zero-order chi connectivity index (χ0) is 32.6. The van der Waals surface area contributed by atoms with Crippen LogP contribution in [0.1, 0.15) is 11.1 Å². The number of ether oxygens (including phenoxy) is 1.